The fourth-order valence-electron chi connectivity index (χ4n) is 3.04. The first-order valence-corrected chi connectivity index (χ1v) is 8.15. The van der Waals surface area contributed by atoms with Crippen molar-refractivity contribution in [2.75, 3.05) is 0 Å². The predicted octanol–water partition coefficient (Wildman–Crippen LogP) is 6.23. The topological polar surface area (TPSA) is 0 Å². The minimum absolute atomic E-state index is 0.189. The van der Waals surface area contributed by atoms with Gasteiger partial charge in [0.05, 0.1) is 5.38 Å². The zero-order valence-corrected chi connectivity index (χ0v) is 13.3. The van der Waals surface area contributed by atoms with Gasteiger partial charge in [0.15, 0.2) is 0 Å². The number of benzene rings is 1. The fourth-order valence-corrected chi connectivity index (χ4v) is 3.31. The lowest BCUT2D eigenvalue weighted by molar-refractivity contribution is 0.480. The molecular weight excluding hydrogens is 252 g/mol. The van der Waals surface area contributed by atoms with E-state index in [0.717, 1.165) is 12.3 Å². The third kappa shape index (κ3) is 4.24. The molecule has 2 rings (SSSR count). The summed E-state index contributed by atoms with van der Waals surface area (Å²) in [5.41, 5.74) is 2.90. The van der Waals surface area contributed by atoms with Crippen LogP contribution in [-0.2, 0) is 5.41 Å². The molecule has 0 aromatic heterocycles. The molecule has 1 aromatic rings. The summed E-state index contributed by atoms with van der Waals surface area (Å²) in [6.07, 6.45) is 8.13. The van der Waals surface area contributed by atoms with Crippen LogP contribution in [0.1, 0.15) is 75.8 Å². The van der Waals surface area contributed by atoms with Gasteiger partial charge in [-0.3, -0.25) is 0 Å². The maximum Gasteiger partial charge on any atom is 0.0585 e. The van der Waals surface area contributed by atoms with Crippen LogP contribution in [0, 0.1) is 5.92 Å². The molecule has 1 unspecified atom stereocenters. The van der Waals surface area contributed by atoms with E-state index < -0.39 is 0 Å². The molecule has 0 N–H and O–H groups in total. The van der Waals surface area contributed by atoms with Crippen molar-refractivity contribution in [3.05, 3.63) is 35.4 Å². The Morgan fingerprint density at radius 3 is 2.21 bits per heavy atom. The Morgan fingerprint density at radius 1 is 1.11 bits per heavy atom. The van der Waals surface area contributed by atoms with Crippen LogP contribution in [0.3, 0.4) is 0 Å². The molecule has 1 aliphatic rings. The first kappa shape index (κ1) is 14.9. The number of halogens is 1. The van der Waals surface area contributed by atoms with Crippen molar-refractivity contribution < 1.29 is 0 Å². The largest absolute Gasteiger partial charge is 0.118 e. The van der Waals surface area contributed by atoms with Crippen molar-refractivity contribution in [3.8, 4) is 0 Å². The summed E-state index contributed by atoms with van der Waals surface area (Å²) in [6.45, 7) is 6.75. The molecule has 1 aromatic carbocycles. The minimum Gasteiger partial charge on any atom is -0.118 e. The molecule has 19 heavy (non-hydrogen) atoms. The zero-order chi connectivity index (χ0) is 13.9. The Morgan fingerprint density at radius 2 is 1.68 bits per heavy atom. The smallest absolute Gasteiger partial charge is 0.0585 e. The lowest BCUT2D eigenvalue weighted by Gasteiger charge is -2.20. The van der Waals surface area contributed by atoms with Crippen LogP contribution in [0.25, 0.3) is 0 Å². The van der Waals surface area contributed by atoms with E-state index in [1.165, 1.54) is 43.2 Å². The van der Waals surface area contributed by atoms with Crippen molar-refractivity contribution in [1.82, 2.24) is 0 Å². The van der Waals surface area contributed by atoms with Gasteiger partial charge in [-0.25, -0.2) is 0 Å². The third-order valence-electron chi connectivity index (χ3n) is 4.44. The molecule has 1 aliphatic carbocycles. The Labute approximate surface area is 123 Å². The van der Waals surface area contributed by atoms with E-state index in [1.54, 1.807) is 0 Å². The summed E-state index contributed by atoms with van der Waals surface area (Å²) in [5, 5.41) is 0.189. The normalized spacial score (nSPS) is 18.7. The second-order valence-corrected chi connectivity index (χ2v) is 7.59. The Kier molecular flexibility index (Phi) is 4.95. The first-order valence-electron chi connectivity index (χ1n) is 7.71. The van der Waals surface area contributed by atoms with Crippen molar-refractivity contribution in [1.29, 1.82) is 0 Å². The molecule has 1 fully saturated rings. The van der Waals surface area contributed by atoms with Gasteiger partial charge in [-0.05, 0) is 35.3 Å². The van der Waals surface area contributed by atoms with Crippen LogP contribution in [0.2, 0.25) is 0 Å². The standard InChI is InChI=1S/C18H27Cl/c1-18(2,3)16-11-9-15(10-12-16)17(19)13-8-14-6-4-5-7-14/h9-12,14,17H,4-8,13H2,1-3H3. The van der Waals surface area contributed by atoms with Gasteiger partial charge in [0.2, 0.25) is 0 Å². The average molecular weight is 279 g/mol. The second-order valence-electron chi connectivity index (χ2n) is 7.07. The fraction of sp³-hybridized carbons (Fsp3) is 0.667. The highest BCUT2D eigenvalue weighted by atomic mass is 35.5. The second kappa shape index (κ2) is 6.31. The quantitative estimate of drug-likeness (QED) is 0.572. The summed E-state index contributed by atoms with van der Waals surface area (Å²) < 4.78 is 0. The van der Waals surface area contributed by atoms with Crippen LogP contribution in [-0.4, -0.2) is 0 Å². The van der Waals surface area contributed by atoms with Gasteiger partial charge in [-0.15, -0.1) is 11.6 Å². The van der Waals surface area contributed by atoms with Gasteiger partial charge >= 0.3 is 0 Å². The maximum atomic E-state index is 6.55. The van der Waals surface area contributed by atoms with E-state index in [4.69, 9.17) is 11.6 Å². The van der Waals surface area contributed by atoms with Crippen molar-refractivity contribution in [2.45, 2.75) is 70.1 Å². The molecule has 106 valence electrons. The SMILES string of the molecule is CC(C)(C)c1ccc(C(Cl)CCC2CCCC2)cc1. The predicted molar refractivity (Wildman–Crippen MR) is 84.9 cm³/mol. The van der Waals surface area contributed by atoms with E-state index >= 15 is 0 Å². The number of rotatable bonds is 4. The highest BCUT2D eigenvalue weighted by molar-refractivity contribution is 6.20. The average Bonchev–Trinajstić information content (AvgIpc) is 2.88. The van der Waals surface area contributed by atoms with Crippen molar-refractivity contribution in [3.63, 3.8) is 0 Å². The Balaban J connectivity index is 1.89. The molecule has 0 aliphatic heterocycles. The summed E-state index contributed by atoms with van der Waals surface area (Å²) >= 11 is 6.55. The molecule has 0 saturated heterocycles. The van der Waals surface area contributed by atoms with Crippen molar-refractivity contribution in [2.24, 2.45) is 5.92 Å². The highest BCUT2D eigenvalue weighted by Gasteiger charge is 2.18. The molecule has 0 radical (unpaired) electrons. The molecule has 0 bridgehead atoms. The Bertz CT molecular complexity index is 379. The van der Waals surface area contributed by atoms with E-state index in [9.17, 15) is 0 Å². The number of hydrogen-bond donors (Lipinski definition) is 0. The highest BCUT2D eigenvalue weighted by Crippen LogP contribution is 2.34. The summed E-state index contributed by atoms with van der Waals surface area (Å²) in [4.78, 5) is 0. The Hall–Kier alpha value is -0.490. The number of alkyl halides is 1. The third-order valence-corrected chi connectivity index (χ3v) is 4.91. The van der Waals surface area contributed by atoms with Gasteiger partial charge in [0, 0.05) is 0 Å². The van der Waals surface area contributed by atoms with Crippen molar-refractivity contribution >= 4 is 11.6 Å². The summed E-state index contributed by atoms with van der Waals surface area (Å²) in [7, 11) is 0. The molecule has 1 atom stereocenters. The van der Waals surface area contributed by atoms with Gasteiger partial charge in [0.1, 0.15) is 0 Å². The van der Waals surface area contributed by atoms with Gasteiger partial charge < -0.3 is 0 Å². The molecule has 0 heterocycles. The number of hydrogen-bond acceptors (Lipinski definition) is 0. The van der Waals surface area contributed by atoms with Crippen LogP contribution in [0.15, 0.2) is 24.3 Å². The van der Waals surface area contributed by atoms with Gasteiger partial charge in [-0.1, -0.05) is 70.7 Å². The molecular formula is C18H27Cl. The van der Waals surface area contributed by atoms with Crippen LogP contribution in [0.4, 0.5) is 0 Å². The van der Waals surface area contributed by atoms with E-state index in [1.807, 2.05) is 0 Å². The monoisotopic (exact) mass is 278 g/mol. The van der Waals surface area contributed by atoms with Crippen LogP contribution in [0.5, 0.6) is 0 Å². The van der Waals surface area contributed by atoms with Crippen LogP contribution >= 0.6 is 11.6 Å². The van der Waals surface area contributed by atoms with Gasteiger partial charge in [-0.2, -0.15) is 0 Å². The molecule has 0 spiro atoms. The summed E-state index contributed by atoms with van der Waals surface area (Å²) in [6, 6.07) is 8.90. The maximum absolute atomic E-state index is 6.55. The molecule has 0 nitrogen and oxygen atoms in total. The lowest BCUT2D eigenvalue weighted by atomic mass is 9.86. The molecule has 1 saturated carbocycles. The van der Waals surface area contributed by atoms with Crippen LogP contribution < -0.4 is 0 Å². The minimum atomic E-state index is 0.189. The van der Waals surface area contributed by atoms with E-state index in [-0.39, 0.29) is 10.8 Å². The van der Waals surface area contributed by atoms with Gasteiger partial charge in [0.25, 0.3) is 0 Å². The zero-order valence-electron chi connectivity index (χ0n) is 12.6. The molecule has 0 amide bonds. The first-order chi connectivity index (χ1) is 8.97. The lowest BCUT2D eigenvalue weighted by Crippen LogP contribution is -2.10. The molecule has 1 heteroatoms. The van der Waals surface area contributed by atoms with E-state index in [2.05, 4.69) is 45.0 Å². The van der Waals surface area contributed by atoms with E-state index in [0.29, 0.717) is 0 Å². The summed E-state index contributed by atoms with van der Waals surface area (Å²) in [5.74, 6) is 0.940.